The first-order chi connectivity index (χ1) is 17.4. The van der Waals surface area contributed by atoms with Crippen molar-refractivity contribution in [2.75, 3.05) is 38.0 Å². The van der Waals surface area contributed by atoms with Gasteiger partial charge in [0.2, 0.25) is 0 Å². The molecule has 4 rings (SSSR count). The molecule has 1 fully saturated rings. The van der Waals surface area contributed by atoms with Crippen LogP contribution in [0, 0.1) is 6.92 Å². The van der Waals surface area contributed by atoms with Gasteiger partial charge in [-0.1, -0.05) is 53.6 Å². The number of ketones is 1. The van der Waals surface area contributed by atoms with Crippen molar-refractivity contribution in [3.63, 3.8) is 0 Å². The van der Waals surface area contributed by atoms with E-state index in [0.29, 0.717) is 36.0 Å². The van der Waals surface area contributed by atoms with Crippen molar-refractivity contribution in [1.82, 2.24) is 9.80 Å². The molecule has 6 nitrogen and oxygen atoms in total. The van der Waals surface area contributed by atoms with E-state index in [1.54, 1.807) is 24.3 Å². The van der Waals surface area contributed by atoms with Gasteiger partial charge in [-0.05, 0) is 61.4 Å². The maximum absolute atomic E-state index is 12.7. The first-order valence-electron chi connectivity index (χ1n) is 12.2. The molecule has 0 unspecified atom stereocenters. The van der Waals surface area contributed by atoms with E-state index in [0.717, 1.165) is 30.8 Å². The zero-order valence-electron chi connectivity index (χ0n) is 20.7. The number of anilines is 1. The van der Waals surface area contributed by atoms with Crippen molar-refractivity contribution in [3.05, 3.63) is 100 Å². The molecule has 1 aliphatic rings. The van der Waals surface area contributed by atoms with Gasteiger partial charge in [-0.2, -0.15) is 0 Å². The highest BCUT2D eigenvalue weighted by atomic mass is 35.5. The van der Waals surface area contributed by atoms with Crippen molar-refractivity contribution < 1.29 is 14.3 Å². The Bertz CT molecular complexity index is 1170. The van der Waals surface area contributed by atoms with Gasteiger partial charge in [0, 0.05) is 49.0 Å². The Hall–Kier alpha value is -3.19. The molecule has 1 saturated heterocycles. The van der Waals surface area contributed by atoms with Crippen LogP contribution in [0.1, 0.15) is 40.1 Å². The normalized spacial score (nSPS) is 14.9. The van der Waals surface area contributed by atoms with Crippen LogP contribution in [0.3, 0.4) is 0 Å². The number of hydrogen-bond acceptors (Lipinski definition) is 4. The Labute approximate surface area is 217 Å². The summed E-state index contributed by atoms with van der Waals surface area (Å²) >= 11 is 6.11. The molecule has 3 aromatic rings. The van der Waals surface area contributed by atoms with E-state index in [1.165, 1.54) is 12.5 Å². The molecule has 3 aromatic carbocycles. The zero-order chi connectivity index (χ0) is 25.5. The monoisotopic (exact) mass is 505 g/mol. The fourth-order valence-corrected chi connectivity index (χ4v) is 4.42. The third kappa shape index (κ3) is 7.17. The largest absolute Gasteiger partial charge is 0.368 e. The number of halogens is 1. The molecule has 1 N–H and O–H groups in total. The number of urea groups is 1. The lowest BCUT2D eigenvalue weighted by atomic mass is 10.1. The molecule has 0 saturated carbocycles. The molecule has 1 aliphatic heterocycles. The summed E-state index contributed by atoms with van der Waals surface area (Å²) < 4.78 is 6.39. The number of nitrogens with one attached hydrogen (secondary N) is 1. The van der Waals surface area contributed by atoms with Gasteiger partial charge in [-0.25, -0.2) is 4.79 Å². The molecule has 36 heavy (non-hydrogen) atoms. The van der Waals surface area contributed by atoms with Gasteiger partial charge in [0.25, 0.3) is 0 Å². The highest BCUT2D eigenvalue weighted by molar-refractivity contribution is 6.30. The second kappa shape index (κ2) is 12.2. The first-order valence-corrected chi connectivity index (χ1v) is 12.6. The van der Waals surface area contributed by atoms with Crippen LogP contribution in [0.25, 0.3) is 0 Å². The Kier molecular flexibility index (Phi) is 8.75. The Balaban J connectivity index is 1.33. The molecule has 1 atom stereocenters. The number of rotatable bonds is 8. The van der Waals surface area contributed by atoms with E-state index in [2.05, 4.69) is 35.3 Å². The van der Waals surface area contributed by atoms with E-state index in [9.17, 15) is 9.59 Å². The molecule has 7 heteroatoms. The lowest BCUT2D eigenvalue weighted by molar-refractivity contribution is 0.00592. The van der Waals surface area contributed by atoms with Crippen LogP contribution in [-0.2, 0) is 11.3 Å². The summed E-state index contributed by atoms with van der Waals surface area (Å²) in [7, 11) is 0. The fraction of sp³-hybridized carbons (Fsp3) is 0.310. The van der Waals surface area contributed by atoms with Gasteiger partial charge >= 0.3 is 6.03 Å². The lowest BCUT2D eigenvalue weighted by Crippen LogP contribution is -2.50. The summed E-state index contributed by atoms with van der Waals surface area (Å²) in [5, 5.41) is 3.63. The highest BCUT2D eigenvalue weighted by Crippen LogP contribution is 2.24. The Morgan fingerprint density at radius 2 is 1.67 bits per heavy atom. The maximum Gasteiger partial charge on any atom is 0.321 e. The van der Waals surface area contributed by atoms with E-state index < -0.39 is 0 Å². The Morgan fingerprint density at radius 3 is 2.31 bits per heavy atom. The molecule has 0 spiro atoms. The van der Waals surface area contributed by atoms with Crippen molar-refractivity contribution in [1.29, 1.82) is 0 Å². The van der Waals surface area contributed by atoms with E-state index in [1.807, 2.05) is 35.2 Å². The predicted molar refractivity (Wildman–Crippen MR) is 144 cm³/mol. The molecule has 1 heterocycles. The van der Waals surface area contributed by atoms with Gasteiger partial charge in [-0.15, -0.1) is 0 Å². The smallest absolute Gasteiger partial charge is 0.321 e. The quantitative estimate of drug-likeness (QED) is 0.384. The summed E-state index contributed by atoms with van der Waals surface area (Å²) in [5.41, 5.74) is 4.75. The van der Waals surface area contributed by atoms with Crippen LogP contribution in [0.4, 0.5) is 10.5 Å². The van der Waals surface area contributed by atoms with Crippen molar-refractivity contribution in [2.24, 2.45) is 0 Å². The molecule has 0 bridgehead atoms. The van der Waals surface area contributed by atoms with E-state index >= 15 is 0 Å². The zero-order valence-corrected chi connectivity index (χ0v) is 21.5. The molecule has 0 aromatic heterocycles. The van der Waals surface area contributed by atoms with Gasteiger partial charge in [-0.3, -0.25) is 9.69 Å². The van der Waals surface area contributed by atoms with Crippen LogP contribution >= 0.6 is 11.6 Å². The number of carbonyl (C=O) groups is 2. The van der Waals surface area contributed by atoms with Gasteiger partial charge in [0.1, 0.15) is 0 Å². The number of carbonyl (C=O) groups excluding carboxylic acids is 2. The predicted octanol–water partition coefficient (Wildman–Crippen LogP) is 5.96. The van der Waals surface area contributed by atoms with Gasteiger partial charge in [0.05, 0.1) is 12.7 Å². The molecular formula is C29H32ClN3O3. The fourth-order valence-electron chi connectivity index (χ4n) is 4.29. The summed E-state index contributed by atoms with van der Waals surface area (Å²) in [6.45, 7) is 7.64. The summed E-state index contributed by atoms with van der Waals surface area (Å²) in [5.74, 6) is 0.00349. The molecule has 2 amide bonds. The van der Waals surface area contributed by atoms with Crippen LogP contribution in [0.5, 0.6) is 0 Å². The van der Waals surface area contributed by atoms with Crippen LogP contribution in [0.2, 0.25) is 5.02 Å². The maximum atomic E-state index is 12.7. The van der Waals surface area contributed by atoms with Gasteiger partial charge < -0.3 is 15.0 Å². The van der Waals surface area contributed by atoms with Crippen LogP contribution in [0.15, 0.2) is 72.8 Å². The van der Waals surface area contributed by atoms with Crippen molar-refractivity contribution in [3.8, 4) is 0 Å². The Morgan fingerprint density at radius 1 is 0.972 bits per heavy atom. The summed E-state index contributed by atoms with van der Waals surface area (Å²) in [6.07, 6.45) is -0.108. The number of benzene rings is 3. The first kappa shape index (κ1) is 25.9. The topological polar surface area (TPSA) is 61.9 Å². The van der Waals surface area contributed by atoms with Crippen molar-refractivity contribution in [2.45, 2.75) is 26.6 Å². The number of aryl methyl sites for hydroxylation is 1. The number of nitrogens with zero attached hydrogens (tertiary/aromatic N) is 2. The average Bonchev–Trinajstić information content (AvgIpc) is 2.88. The second-order valence-corrected chi connectivity index (χ2v) is 9.63. The highest BCUT2D eigenvalue weighted by Gasteiger charge is 2.24. The summed E-state index contributed by atoms with van der Waals surface area (Å²) in [6, 6.07) is 23.0. The number of Topliss-reactive ketones (excluding diaryl/α,β-unsaturated/α-hetero) is 1. The van der Waals surface area contributed by atoms with Crippen LogP contribution < -0.4 is 5.32 Å². The van der Waals surface area contributed by atoms with E-state index in [4.69, 9.17) is 16.3 Å². The minimum absolute atomic E-state index is 0.00349. The molecule has 0 aliphatic carbocycles. The molecular weight excluding hydrogens is 474 g/mol. The molecule has 0 radical (unpaired) electrons. The lowest BCUT2D eigenvalue weighted by Gasteiger charge is -2.36. The minimum atomic E-state index is -0.129. The van der Waals surface area contributed by atoms with Gasteiger partial charge in [0.15, 0.2) is 5.78 Å². The molecule has 188 valence electrons. The number of ether oxygens (including phenoxy) is 1. The average molecular weight is 506 g/mol. The number of piperazine rings is 1. The SMILES string of the molecule is CC(=O)c1ccc(NC(=O)N2CCN(C[C@H](OCc3cccc(C)c3)c3ccc(Cl)cc3)CC2)cc1. The van der Waals surface area contributed by atoms with Crippen LogP contribution in [-0.4, -0.2) is 54.3 Å². The second-order valence-electron chi connectivity index (χ2n) is 9.19. The third-order valence-corrected chi connectivity index (χ3v) is 6.65. The number of hydrogen-bond donors (Lipinski definition) is 1. The third-order valence-electron chi connectivity index (χ3n) is 6.40. The van der Waals surface area contributed by atoms with E-state index in [-0.39, 0.29) is 17.9 Å². The van der Waals surface area contributed by atoms with Crippen molar-refractivity contribution >= 4 is 29.1 Å². The standard InChI is InChI=1S/C29H32ClN3O3/c1-21-4-3-5-23(18-21)20-36-28(25-6-10-26(30)11-7-25)19-32-14-16-33(17-15-32)29(35)31-27-12-8-24(9-13-27)22(2)34/h3-13,18,28H,14-17,19-20H2,1-2H3,(H,31,35)/t28-/m0/s1. The number of amides is 2. The summed E-state index contributed by atoms with van der Waals surface area (Å²) in [4.78, 5) is 28.4. The minimum Gasteiger partial charge on any atom is -0.368 e.